The number of anilines is 1. The van der Waals surface area contributed by atoms with Gasteiger partial charge in [0.15, 0.2) is 11.5 Å². The molecule has 0 fully saturated rings. The minimum atomic E-state index is 0.219. The quantitative estimate of drug-likeness (QED) is 0.732. The maximum Gasteiger partial charge on any atom is 0.231 e. The van der Waals surface area contributed by atoms with Gasteiger partial charge in [-0.25, -0.2) is 4.98 Å². The van der Waals surface area contributed by atoms with E-state index in [9.17, 15) is 5.26 Å². The van der Waals surface area contributed by atoms with Crippen LogP contribution in [0.2, 0.25) is 0 Å². The predicted molar refractivity (Wildman–Crippen MR) is 106 cm³/mol. The van der Waals surface area contributed by atoms with E-state index in [2.05, 4.69) is 35.3 Å². The van der Waals surface area contributed by atoms with Crippen molar-refractivity contribution >= 4 is 5.82 Å². The molecule has 2 N–H and O–H groups in total. The summed E-state index contributed by atoms with van der Waals surface area (Å²) in [6, 6.07) is 18.6. The van der Waals surface area contributed by atoms with Crippen LogP contribution in [-0.4, -0.2) is 11.8 Å². The Balaban J connectivity index is 1.67. The van der Waals surface area contributed by atoms with E-state index in [0.717, 1.165) is 47.4 Å². The molecule has 1 aliphatic heterocycles. The van der Waals surface area contributed by atoms with Crippen molar-refractivity contribution in [2.75, 3.05) is 12.5 Å². The number of rotatable bonds is 2. The van der Waals surface area contributed by atoms with Gasteiger partial charge in [-0.3, -0.25) is 0 Å². The van der Waals surface area contributed by atoms with E-state index in [1.54, 1.807) is 0 Å². The molecule has 2 heterocycles. The summed E-state index contributed by atoms with van der Waals surface area (Å²) in [6.07, 6.45) is 2.71. The Morgan fingerprint density at radius 3 is 2.71 bits per heavy atom. The second kappa shape index (κ2) is 6.58. The number of nitrogens with two attached hydrogens (primary N) is 1. The lowest BCUT2D eigenvalue weighted by Crippen LogP contribution is -2.17. The van der Waals surface area contributed by atoms with Crippen molar-refractivity contribution in [2.24, 2.45) is 0 Å². The van der Waals surface area contributed by atoms with Gasteiger partial charge in [0.1, 0.15) is 17.5 Å². The van der Waals surface area contributed by atoms with Crippen molar-refractivity contribution < 1.29 is 9.47 Å². The molecule has 1 atom stereocenters. The van der Waals surface area contributed by atoms with E-state index >= 15 is 0 Å². The van der Waals surface area contributed by atoms with E-state index < -0.39 is 0 Å². The van der Waals surface area contributed by atoms with E-state index in [1.807, 2.05) is 24.3 Å². The normalized spacial score (nSPS) is 17.0. The van der Waals surface area contributed by atoms with Gasteiger partial charge in [0.2, 0.25) is 6.79 Å². The number of fused-ring (bicyclic) bond motifs is 2. The summed E-state index contributed by atoms with van der Waals surface area (Å²) in [6.45, 7) is 0.219. The number of hydrogen-bond acceptors (Lipinski definition) is 5. The molecule has 1 aliphatic carbocycles. The Hall–Kier alpha value is -3.52. The largest absolute Gasteiger partial charge is 0.454 e. The number of ether oxygens (including phenoxy) is 2. The molecule has 3 aromatic rings. The molecule has 1 aromatic heterocycles. The SMILES string of the molecule is N#Cc1c(N)nc2c(c1-c1ccc3c(c1)OCO3)CC(c1ccccc1)CC2. The Labute approximate surface area is 163 Å². The Morgan fingerprint density at radius 2 is 1.89 bits per heavy atom. The monoisotopic (exact) mass is 369 g/mol. The van der Waals surface area contributed by atoms with Gasteiger partial charge in [-0.15, -0.1) is 0 Å². The first-order valence-electron chi connectivity index (χ1n) is 9.41. The molecular formula is C23H19N3O2. The lowest BCUT2D eigenvalue weighted by Gasteiger charge is -2.27. The summed E-state index contributed by atoms with van der Waals surface area (Å²) >= 11 is 0. The summed E-state index contributed by atoms with van der Waals surface area (Å²) < 4.78 is 11.0. The van der Waals surface area contributed by atoms with E-state index in [4.69, 9.17) is 15.2 Å². The summed E-state index contributed by atoms with van der Waals surface area (Å²) in [7, 11) is 0. The molecule has 138 valence electrons. The van der Waals surface area contributed by atoms with Crippen LogP contribution in [0.3, 0.4) is 0 Å². The van der Waals surface area contributed by atoms with Gasteiger partial charge in [0, 0.05) is 11.3 Å². The number of nitrogen functional groups attached to an aromatic ring is 1. The van der Waals surface area contributed by atoms with Gasteiger partial charge in [-0.2, -0.15) is 5.26 Å². The molecule has 5 heteroatoms. The molecule has 0 amide bonds. The standard InChI is InChI=1S/C23H19N3O2/c24-12-18-22(16-7-9-20-21(11-16)28-13-27-20)17-10-15(14-4-2-1-3-5-14)6-8-19(17)26-23(18)25/h1-5,7,9,11,15H,6,8,10,13H2,(H2,25,26). The third-order valence-corrected chi connectivity index (χ3v) is 5.64. The summed E-state index contributed by atoms with van der Waals surface area (Å²) in [5.41, 5.74) is 11.8. The van der Waals surface area contributed by atoms with Crippen LogP contribution in [0.15, 0.2) is 48.5 Å². The fraction of sp³-hybridized carbons (Fsp3) is 0.217. The first-order chi connectivity index (χ1) is 13.7. The summed E-state index contributed by atoms with van der Waals surface area (Å²) in [4.78, 5) is 4.57. The second-order valence-corrected chi connectivity index (χ2v) is 7.20. The minimum Gasteiger partial charge on any atom is -0.454 e. The molecule has 5 rings (SSSR count). The van der Waals surface area contributed by atoms with Gasteiger partial charge in [-0.1, -0.05) is 36.4 Å². The predicted octanol–water partition coefficient (Wildman–Crippen LogP) is 4.20. The van der Waals surface area contributed by atoms with E-state index in [-0.39, 0.29) is 6.79 Å². The number of aryl methyl sites for hydroxylation is 1. The first-order valence-corrected chi connectivity index (χ1v) is 9.41. The smallest absolute Gasteiger partial charge is 0.231 e. The van der Waals surface area contributed by atoms with Crippen LogP contribution in [-0.2, 0) is 12.8 Å². The Morgan fingerprint density at radius 1 is 1.07 bits per heavy atom. The Bertz CT molecular complexity index is 1100. The fourth-order valence-corrected chi connectivity index (χ4v) is 4.27. The number of hydrogen-bond donors (Lipinski definition) is 1. The van der Waals surface area contributed by atoms with Crippen LogP contribution in [0.5, 0.6) is 11.5 Å². The van der Waals surface area contributed by atoms with E-state index in [0.29, 0.717) is 23.0 Å². The average molecular weight is 369 g/mol. The number of nitriles is 1. The lowest BCUT2D eigenvalue weighted by atomic mass is 9.78. The van der Waals surface area contributed by atoms with Crippen molar-refractivity contribution in [1.82, 2.24) is 4.98 Å². The zero-order chi connectivity index (χ0) is 19.1. The zero-order valence-corrected chi connectivity index (χ0v) is 15.3. The molecule has 0 bridgehead atoms. The molecule has 28 heavy (non-hydrogen) atoms. The number of aromatic nitrogens is 1. The number of benzene rings is 2. The lowest BCUT2D eigenvalue weighted by molar-refractivity contribution is 0.174. The average Bonchev–Trinajstić information content (AvgIpc) is 3.21. The third kappa shape index (κ3) is 2.66. The molecule has 0 spiro atoms. The highest BCUT2D eigenvalue weighted by Crippen LogP contribution is 2.43. The van der Waals surface area contributed by atoms with Gasteiger partial charge in [-0.05, 0) is 54.0 Å². The fourth-order valence-electron chi connectivity index (χ4n) is 4.27. The minimum absolute atomic E-state index is 0.219. The van der Waals surface area contributed by atoms with Crippen molar-refractivity contribution in [1.29, 1.82) is 5.26 Å². The highest BCUT2D eigenvalue weighted by Gasteiger charge is 2.28. The molecule has 1 unspecified atom stereocenters. The molecule has 2 aliphatic rings. The van der Waals surface area contributed by atoms with Crippen LogP contribution in [0.4, 0.5) is 5.82 Å². The highest BCUT2D eigenvalue weighted by atomic mass is 16.7. The second-order valence-electron chi connectivity index (χ2n) is 7.20. The van der Waals surface area contributed by atoms with Crippen LogP contribution in [0.25, 0.3) is 11.1 Å². The van der Waals surface area contributed by atoms with Crippen LogP contribution in [0.1, 0.15) is 34.7 Å². The topological polar surface area (TPSA) is 81.2 Å². The van der Waals surface area contributed by atoms with Gasteiger partial charge in [0.05, 0.1) is 0 Å². The van der Waals surface area contributed by atoms with Gasteiger partial charge in [0.25, 0.3) is 0 Å². The molecule has 5 nitrogen and oxygen atoms in total. The van der Waals surface area contributed by atoms with Crippen molar-refractivity contribution in [3.63, 3.8) is 0 Å². The Kier molecular flexibility index (Phi) is 3.91. The van der Waals surface area contributed by atoms with Crippen molar-refractivity contribution in [2.45, 2.75) is 25.2 Å². The van der Waals surface area contributed by atoms with Crippen LogP contribution in [0, 0.1) is 11.3 Å². The summed E-state index contributed by atoms with van der Waals surface area (Å²) in [5.74, 6) is 2.12. The maximum absolute atomic E-state index is 9.81. The van der Waals surface area contributed by atoms with Gasteiger partial charge >= 0.3 is 0 Å². The molecular weight excluding hydrogens is 350 g/mol. The van der Waals surface area contributed by atoms with Crippen LogP contribution >= 0.6 is 0 Å². The molecule has 2 aromatic carbocycles. The molecule has 0 radical (unpaired) electrons. The van der Waals surface area contributed by atoms with Crippen LogP contribution < -0.4 is 15.2 Å². The first kappa shape index (κ1) is 16.6. The zero-order valence-electron chi connectivity index (χ0n) is 15.3. The van der Waals surface area contributed by atoms with Crippen molar-refractivity contribution in [3.05, 3.63) is 70.9 Å². The number of pyridine rings is 1. The van der Waals surface area contributed by atoms with Gasteiger partial charge < -0.3 is 15.2 Å². The maximum atomic E-state index is 9.81. The third-order valence-electron chi connectivity index (χ3n) is 5.64. The highest BCUT2D eigenvalue weighted by molar-refractivity contribution is 5.81. The number of nitrogens with zero attached hydrogens (tertiary/aromatic N) is 2. The molecule has 0 saturated carbocycles. The van der Waals surface area contributed by atoms with Crippen molar-refractivity contribution in [3.8, 4) is 28.7 Å². The molecule has 0 saturated heterocycles. The summed E-state index contributed by atoms with van der Waals surface area (Å²) in [5, 5.41) is 9.81. The van der Waals surface area contributed by atoms with E-state index in [1.165, 1.54) is 5.56 Å².